The Morgan fingerprint density at radius 1 is 1.00 bits per heavy atom. The van der Waals surface area contributed by atoms with Crippen molar-refractivity contribution in [2.24, 2.45) is 0 Å². The normalized spacial score (nSPS) is 15.1. The molecule has 1 saturated carbocycles. The molecule has 0 unspecified atom stereocenters. The number of carbonyl (C=O) groups is 1. The first-order valence-corrected chi connectivity index (χ1v) is 10.0. The number of nitrogens with one attached hydrogen (secondary N) is 4. The van der Waals surface area contributed by atoms with E-state index in [1.807, 2.05) is 48.5 Å². The van der Waals surface area contributed by atoms with Crippen LogP contribution in [0.2, 0.25) is 0 Å². The number of anilines is 5. The first-order valence-electron chi connectivity index (χ1n) is 10.0. The number of nitrogens with zero attached hydrogens (tertiary/aromatic N) is 3. The number of rotatable bonds is 5. The summed E-state index contributed by atoms with van der Waals surface area (Å²) in [5.41, 5.74) is 4.65. The molecule has 1 fully saturated rings. The van der Waals surface area contributed by atoms with Crippen molar-refractivity contribution in [3.8, 4) is 0 Å². The van der Waals surface area contributed by atoms with E-state index >= 15 is 0 Å². The molecule has 4 aromatic rings. The van der Waals surface area contributed by atoms with Gasteiger partial charge in [-0.2, -0.15) is 10.1 Å². The topological polar surface area (TPSA) is 108 Å². The van der Waals surface area contributed by atoms with Gasteiger partial charge in [-0.1, -0.05) is 12.1 Å². The molecule has 148 valence electrons. The summed E-state index contributed by atoms with van der Waals surface area (Å²) in [6, 6.07) is 15.7. The fourth-order valence-electron chi connectivity index (χ4n) is 3.79. The Morgan fingerprint density at radius 2 is 1.90 bits per heavy atom. The van der Waals surface area contributed by atoms with Gasteiger partial charge in [-0.3, -0.25) is 9.89 Å². The molecule has 3 heterocycles. The second kappa shape index (κ2) is 6.55. The lowest BCUT2D eigenvalue weighted by atomic mass is 10.1. The van der Waals surface area contributed by atoms with Crippen LogP contribution in [0.15, 0.2) is 48.5 Å². The molecule has 2 aromatic heterocycles. The van der Waals surface area contributed by atoms with Crippen molar-refractivity contribution in [2.45, 2.75) is 25.2 Å². The maximum absolute atomic E-state index is 11.6. The Labute approximate surface area is 172 Å². The van der Waals surface area contributed by atoms with Gasteiger partial charge in [-0.25, -0.2) is 4.98 Å². The van der Waals surface area contributed by atoms with Crippen molar-refractivity contribution in [3.63, 3.8) is 0 Å². The lowest BCUT2D eigenvalue weighted by Crippen LogP contribution is -2.03. The number of hydrogen-bond acceptors (Lipinski definition) is 6. The number of para-hydroxylation sites is 1. The van der Waals surface area contributed by atoms with Crippen molar-refractivity contribution in [1.29, 1.82) is 0 Å². The first-order chi connectivity index (χ1) is 14.7. The molecule has 6 rings (SSSR count). The maximum Gasteiger partial charge on any atom is 0.229 e. The smallest absolute Gasteiger partial charge is 0.229 e. The standard InChI is InChI=1S/C22H19N7O/c30-20-10-13-9-14(7-8-16(13)24-20)23-22-25-17-4-2-1-3-15(17)21(27-22)26-19-11-18(28-29-19)12-5-6-12/h1-4,7-9,11-12H,5-6,10H2,(H,24,30)(H3,23,25,26,27,28,29). The third-order valence-electron chi connectivity index (χ3n) is 5.45. The van der Waals surface area contributed by atoms with Crippen molar-refractivity contribution < 1.29 is 4.79 Å². The zero-order valence-corrected chi connectivity index (χ0v) is 16.1. The first kappa shape index (κ1) is 17.0. The van der Waals surface area contributed by atoms with E-state index in [4.69, 9.17) is 4.98 Å². The van der Waals surface area contributed by atoms with Crippen LogP contribution >= 0.6 is 0 Å². The second-order valence-corrected chi connectivity index (χ2v) is 7.74. The monoisotopic (exact) mass is 397 g/mol. The summed E-state index contributed by atoms with van der Waals surface area (Å²) in [7, 11) is 0. The largest absolute Gasteiger partial charge is 0.326 e. The fourth-order valence-corrected chi connectivity index (χ4v) is 3.79. The van der Waals surface area contributed by atoms with Crippen LogP contribution in [0.25, 0.3) is 10.9 Å². The quantitative estimate of drug-likeness (QED) is 0.402. The minimum absolute atomic E-state index is 0.0140. The van der Waals surface area contributed by atoms with E-state index in [9.17, 15) is 4.79 Å². The summed E-state index contributed by atoms with van der Waals surface area (Å²) >= 11 is 0. The molecule has 0 spiro atoms. The summed E-state index contributed by atoms with van der Waals surface area (Å²) in [5.74, 6) is 2.53. The van der Waals surface area contributed by atoms with E-state index in [0.717, 1.165) is 39.4 Å². The lowest BCUT2D eigenvalue weighted by Gasteiger charge is -2.11. The third-order valence-corrected chi connectivity index (χ3v) is 5.45. The van der Waals surface area contributed by atoms with Gasteiger partial charge in [0.25, 0.3) is 0 Å². The van der Waals surface area contributed by atoms with Gasteiger partial charge < -0.3 is 16.0 Å². The Balaban J connectivity index is 1.34. The number of fused-ring (bicyclic) bond motifs is 2. The minimum atomic E-state index is 0.0140. The van der Waals surface area contributed by atoms with Crippen LogP contribution < -0.4 is 16.0 Å². The second-order valence-electron chi connectivity index (χ2n) is 7.74. The molecule has 30 heavy (non-hydrogen) atoms. The lowest BCUT2D eigenvalue weighted by molar-refractivity contribution is -0.115. The Morgan fingerprint density at radius 3 is 2.80 bits per heavy atom. The van der Waals surface area contributed by atoms with Crippen LogP contribution in [0.5, 0.6) is 0 Å². The van der Waals surface area contributed by atoms with Crippen LogP contribution in [0.3, 0.4) is 0 Å². The Hall–Kier alpha value is -3.94. The number of aromatic amines is 1. The highest BCUT2D eigenvalue weighted by Crippen LogP contribution is 2.40. The van der Waals surface area contributed by atoms with Crippen LogP contribution in [0.4, 0.5) is 29.0 Å². The van der Waals surface area contributed by atoms with Gasteiger partial charge in [0.05, 0.1) is 11.9 Å². The van der Waals surface area contributed by atoms with Gasteiger partial charge in [-0.05, 0) is 48.7 Å². The summed E-state index contributed by atoms with van der Waals surface area (Å²) in [6.45, 7) is 0. The van der Waals surface area contributed by atoms with Crippen LogP contribution in [0, 0.1) is 0 Å². The van der Waals surface area contributed by atoms with E-state index in [-0.39, 0.29) is 5.91 Å². The van der Waals surface area contributed by atoms with Crippen molar-refractivity contribution in [1.82, 2.24) is 20.2 Å². The molecule has 2 aliphatic rings. The van der Waals surface area contributed by atoms with Gasteiger partial charge in [-0.15, -0.1) is 0 Å². The molecule has 1 aliphatic heterocycles. The van der Waals surface area contributed by atoms with E-state index in [1.165, 1.54) is 12.8 Å². The highest BCUT2D eigenvalue weighted by atomic mass is 16.1. The summed E-state index contributed by atoms with van der Waals surface area (Å²) in [4.78, 5) is 21.0. The molecule has 0 bridgehead atoms. The van der Waals surface area contributed by atoms with Crippen LogP contribution in [-0.4, -0.2) is 26.1 Å². The number of benzene rings is 2. The Bertz CT molecular complexity index is 1290. The van der Waals surface area contributed by atoms with Crippen molar-refractivity contribution in [2.75, 3.05) is 16.0 Å². The molecule has 2 aromatic carbocycles. The number of aromatic nitrogens is 4. The predicted octanol–water partition coefficient (Wildman–Crippen LogP) is 4.21. The van der Waals surface area contributed by atoms with Crippen LogP contribution in [0.1, 0.15) is 30.0 Å². The molecule has 0 radical (unpaired) electrons. The Kier molecular flexibility index (Phi) is 3.70. The molecular weight excluding hydrogens is 378 g/mol. The summed E-state index contributed by atoms with van der Waals surface area (Å²) in [6.07, 6.45) is 2.82. The number of H-pyrrole nitrogens is 1. The van der Waals surface area contributed by atoms with Gasteiger partial charge in [0.2, 0.25) is 11.9 Å². The zero-order chi connectivity index (χ0) is 20.1. The van der Waals surface area contributed by atoms with E-state index in [2.05, 4.69) is 31.1 Å². The zero-order valence-electron chi connectivity index (χ0n) is 16.1. The number of carbonyl (C=O) groups excluding carboxylic acids is 1. The summed E-state index contributed by atoms with van der Waals surface area (Å²) in [5, 5.41) is 17.9. The predicted molar refractivity (Wildman–Crippen MR) is 115 cm³/mol. The van der Waals surface area contributed by atoms with Crippen molar-refractivity contribution >= 4 is 45.8 Å². The SMILES string of the molecule is O=C1Cc2cc(Nc3nc(Nc4cc(C5CC5)[nH]n4)c4ccccc4n3)ccc2N1. The molecule has 8 nitrogen and oxygen atoms in total. The van der Waals surface area contributed by atoms with Crippen molar-refractivity contribution in [3.05, 3.63) is 59.8 Å². The molecule has 0 atom stereocenters. The molecule has 1 amide bonds. The molecular formula is C22H19N7O. The van der Waals surface area contributed by atoms with E-state index < -0.39 is 0 Å². The number of hydrogen-bond donors (Lipinski definition) is 4. The minimum Gasteiger partial charge on any atom is -0.326 e. The molecule has 0 saturated heterocycles. The third kappa shape index (κ3) is 3.12. The van der Waals surface area contributed by atoms with E-state index in [1.54, 1.807) is 0 Å². The van der Waals surface area contributed by atoms with Gasteiger partial charge in [0, 0.05) is 34.4 Å². The molecule has 1 aliphatic carbocycles. The van der Waals surface area contributed by atoms with Gasteiger partial charge in [0.1, 0.15) is 5.82 Å². The summed E-state index contributed by atoms with van der Waals surface area (Å²) < 4.78 is 0. The number of amides is 1. The van der Waals surface area contributed by atoms with Crippen LogP contribution in [-0.2, 0) is 11.2 Å². The van der Waals surface area contributed by atoms with Gasteiger partial charge >= 0.3 is 0 Å². The van der Waals surface area contributed by atoms with Gasteiger partial charge in [0.15, 0.2) is 5.82 Å². The maximum atomic E-state index is 11.6. The van der Waals surface area contributed by atoms with E-state index in [0.29, 0.717) is 24.1 Å². The highest BCUT2D eigenvalue weighted by molar-refractivity contribution is 5.99. The molecule has 4 N–H and O–H groups in total. The highest BCUT2D eigenvalue weighted by Gasteiger charge is 2.25. The average molecular weight is 397 g/mol. The average Bonchev–Trinajstić information content (AvgIpc) is 3.37. The fraction of sp³-hybridized carbons (Fsp3) is 0.182. The molecule has 8 heteroatoms.